The van der Waals surface area contributed by atoms with Gasteiger partial charge in [0, 0.05) is 12.3 Å². The molecule has 2 atom stereocenters. The van der Waals surface area contributed by atoms with Crippen molar-refractivity contribution in [2.24, 2.45) is 5.92 Å². The van der Waals surface area contributed by atoms with E-state index in [1.165, 1.54) is 25.5 Å². The molecule has 1 fully saturated rings. The SMILES string of the molecule is CCCNC(CCC1CC1)C(C)S(C)(=O)=O. The van der Waals surface area contributed by atoms with Crippen LogP contribution in [0.15, 0.2) is 0 Å². The van der Waals surface area contributed by atoms with E-state index < -0.39 is 9.84 Å². The minimum Gasteiger partial charge on any atom is -0.313 e. The van der Waals surface area contributed by atoms with Gasteiger partial charge in [-0.3, -0.25) is 0 Å². The van der Waals surface area contributed by atoms with Crippen molar-refractivity contribution >= 4 is 9.84 Å². The predicted octanol–water partition coefficient (Wildman–Crippen LogP) is 1.98. The van der Waals surface area contributed by atoms with Gasteiger partial charge in [0.25, 0.3) is 0 Å². The summed E-state index contributed by atoms with van der Waals surface area (Å²) in [6.45, 7) is 4.85. The van der Waals surface area contributed by atoms with Gasteiger partial charge < -0.3 is 5.32 Å². The molecule has 3 nitrogen and oxygen atoms in total. The predicted molar refractivity (Wildman–Crippen MR) is 68.3 cm³/mol. The van der Waals surface area contributed by atoms with Gasteiger partial charge >= 0.3 is 0 Å². The fourth-order valence-corrected chi connectivity index (χ4v) is 2.78. The normalized spacial score (nSPS) is 20.7. The lowest BCUT2D eigenvalue weighted by Gasteiger charge is -2.24. The van der Waals surface area contributed by atoms with Crippen LogP contribution in [0.2, 0.25) is 0 Å². The highest BCUT2D eigenvalue weighted by Gasteiger charge is 2.28. The summed E-state index contributed by atoms with van der Waals surface area (Å²) in [6.07, 6.45) is 7.26. The molecule has 1 saturated carbocycles. The molecule has 0 spiro atoms. The van der Waals surface area contributed by atoms with Crippen molar-refractivity contribution in [3.05, 3.63) is 0 Å². The molecule has 1 aliphatic carbocycles. The van der Waals surface area contributed by atoms with Crippen LogP contribution in [0.4, 0.5) is 0 Å². The van der Waals surface area contributed by atoms with E-state index in [1.807, 2.05) is 6.92 Å². The Morgan fingerprint density at radius 3 is 2.44 bits per heavy atom. The summed E-state index contributed by atoms with van der Waals surface area (Å²) in [6, 6.07) is 0.135. The van der Waals surface area contributed by atoms with E-state index in [0.29, 0.717) is 0 Å². The fraction of sp³-hybridized carbons (Fsp3) is 1.00. The summed E-state index contributed by atoms with van der Waals surface area (Å²) in [7, 11) is -2.92. The van der Waals surface area contributed by atoms with Crippen LogP contribution in [0.5, 0.6) is 0 Å². The van der Waals surface area contributed by atoms with Crippen molar-refractivity contribution in [2.45, 2.75) is 57.2 Å². The Morgan fingerprint density at radius 2 is 2.00 bits per heavy atom. The lowest BCUT2D eigenvalue weighted by Crippen LogP contribution is -2.42. The molecule has 4 heteroatoms. The van der Waals surface area contributed by atoms with Crippen LogP contribution >= 0.6 is 0 Å². The van der Waals surface area contributed by atoms with E-state index in [1.54, 1.807) is 0 Å². The average molecular weight is 247 g/mol. The Bertz CT molecular complexity index is 296. The van der Waals surface area contributed by atoms with Crippen LogP contribution in [0.25, 0.3) is 0 Å². The zero-order valence-electron chi connectivity index (χ0n) is 10.7. The van der Waals surface area contributed by atoms with Crippen LogP contribution in [0.1, 0.15) is 46.0 Å². The molecule has 0 aliphatic heterocycles. The molecule has 0 bridgehead atoms. The maximum atomic E-state index is 11.6. The number of sulfone groups is 1. The minimum atomic E-state index is -2.92. The topological polar surface area (TPSA) is 46.2 Å². The molecule has 1 rings (SSSR count). The molecule has 0 amide bonds. The second-order valence-electron chi connectivity index (χ2n) is 5.12. The highest BCUT2D eigenvalue weighted by atomic mass is 32.2. The third-order valence-electron chi connectivity index (χ3n) is 3.48. The zero-order chi connectivity index (χ0) is 12.2. The van der Waals surface area contributed by atoms with E-state index >= 15 is 0 Å². The van der Waals surface area contributed by atoms with E-state index in [0.717, 1.165) is 25.3 Å². The summed E-state index contributed by atoms with van der Waals surface area (Å²) in [5.74, 6) is 0.873. The largest absolute Gasteiger partial charge is 0.313 e. The van der Waals surface area contributed by atoms with Gasteiger partial charge in [0.15, 0.2) is 9.84 Å². The summed E-state index contributed by atoms with van der Waals surface area (Å²) in [4.78, 5) is 0. The monoisotopic (exact) mass is 247 g/mol. The van der Waals surface area contributed by atoms with Gasteiger partial charge in [0.05, 0.1) is 5.25 Å². The molecule has 96 valence electrons. The van der Waals surface area contributed by atoms with Crippen molar-refractivity contribution in [1.82, 2.24) is 5.32 Å². The molecule has 0 saturated heterocycles. The van der Waals surface area contributed by atoms with Crippen LogP contribution in [-0.4, -0.2) is 32.5 Å². The molecule has 1 aliphatic rings. The first-order valence-corrected chi connectivity index (χ1v) is 8.32. The Hall–Kier alpha value is -0.0900. The van der Waals surface area contributed by atoms with E-state index in [4.69, 9.17) is 0 Å². The van der Waals surface area contributed by atoms with Crippen LogP contribution < -0.4 is 5.32 Å². The molecule has 16 heavy (non-hydrogen) atoms. The Kier molecular flexibility index (Phi) is 5.25. The van der Waals surface area contributed by atoms with Crippen LogP contribution in [0.3, 0.4) is 0 Å². The maximum Gasteiger partial charge on any atom is 0.151 e. The Morgan fingerprint density at radius 1 is 1.38 bits per heavy atom. The van der Waals surface area contributed by atoms with Gasteiger partial charge in [-0.15, -0.1) is 0 Å². The first kappa shape index (κ1) is 14.0. The van der Waals surface area contributed by atoms with Gasteiger partial charge in [0.2, 0.25) is 0 Å². The molecule has 1 N–H and O–H groups in total. The van der Waals surface area contributed by atoms with E-state index in [-0.39, 0.29) is 11.3 Å². The van der Waals surface area contributed by atoms with Crippen LogP contribution in [-0.2, 0) is 9.84 Å². The van der Waals surface area contributed by atoms with Crippen molar-refractivity contribution in [2.75, 3.05) is 12.8 Å². The smallest absolute Gasteiger partial charge is 0.151 e. The molecular weight excluding hydrogens is 222 g/mol. The molecule has 0 aromatic carbocycles. The van der Waals surface area contributed by atoms with Gasteiger partial charge in [-0.1, -0.05) is 19.8 Å². The van der Waals surface area contributed by atoms with E-state index in [2.05, 4.69) is 12.2 Å². The third-order valence-corrected chi connectivity index (χ3v) is 5.16. The maximum absolute atomic E-state index is 11.6. The second-order valence-corrected chi connectivity index (χ2v) is 7.52. The standard InChI is InChI=1S/C12H25NO2S/c1-4-9-13-12(8-7-11-5-6-11)10(2)16(3,14)15/h10-13H,4-9H2,1-3H3. The number of hydrogen-bond donors (Lipinski definition) is 1. The van der Waals surface area contributed by atoms with E-state index in [9.17, 15) is 8.42 Å². The van der Waals surface area contributed by atoms with Gasteiger partial charge in [-0.2, -0.15) is 0 Å². The summed E-state index contributed by atoms with van der Waals surface area (Å²) in [5, 5.41) is 3.11. The molecule has 0 aromatic heterocycles. The van der Waals surface area contributed by atoms with Gasteiger partial charge in [-0.05, 0) is 38.6 Å². The minimum absolute atomic E-state index is 0.135. The van der Waals surface area contributed by atoms with Crippen molar-refractivity contribution in [3.8, 4) is 0 Å². The average Bonchev–Trinajstić information content (AvgIpc) is 2.99. The summed E-state index contributed by atoms with van der Waals surface area (Å²) < 4.78 is 23.1. The third kappa shape index (κ3) is 4.83. The number of rotatable bonds is 8. The van der Waals surface area contributed by atoms with Crippen molar-refractivity contribution in [1.29, 1.82) is 0 Å². The second kappa shape index (κ2) is 6.01. The molecule has 0 heterocycles. The molecule has 0 radical (unpaired) electrons. The Labute approximate surface area is 99.9 Å². The highest BCUT2D eigenvalue weighted by molar-refractivity contribution is 7.91. The summed E-state index contributed by atoms with van der Waals surface area (Å²) in [5.41, 5.74) is 0. The Balaban J connectivity index is 2.46. The first-order chi connectivity index (χ1) is 7.45. The molecule has 2 unspecified atom stereocenters. The zero-order valence-corrected chi connectivity index (χ0v) is 11.5. The molecular formula is C12H25NO2S. The number of nitrogens with one attached hydrogen (secondary N) is 1. The summed E-state index contributed by atoms with van der Waals surface area (Å²) >= 11 is 0. The fourth-order valence-electron chi connectivity index (χ4n) is 1.95. The van der Waals surface area contributed by atoms with Gasteiger partial charge in [0.1, 0.15) is 0 Å². The lowest BCUT2D eigenvalue weighted by atomic mass is 10.1. The van der Waals surface area contributed by atoms with Gasteiger partial charge in [-0.25, -0.2) is 8.42 Å². The molecule has 0 aromatic rings. The highest BCUT2D eigenvalue weighted by Crippen LogP contribution is 2.34. The number of hydrogen-bond acceptors (Lipinski definition) is 3. The lowest BCUT2D eigenvalue weighted by molar-refractivity contribution is 0.438. The van der Waals surface area contributed by atoms with Crippen LogP contribution in [0, 0.1) is 5.92 Å². The first-order valence-electron chi connectivity index (χ1n) is 6.37. The quantitative estimate of drug-likeness (QED) is 0.713. The van der Waals surface area contributed by atoms with Crippen molar-refractivity contribution in [3.63, 3.8) is 0 Å². The van der Waals surface area contributed by atoms with Crippen molar-refractivity contribution < 1.29 is 8.42 Å².